The number of benzene rings is 1. The van der Waals surface area contributed by atoms with Gasteiger partial charge in [-0.1, -0.05) is 5.21 Å². The van der Waals surface area contributed by atoms with E-state index in [1.165, 1.54) is 18.5 Å². The highest BCUT2D eigenvalue weighted by atomic mass is 16.3. The zero-order valence-corrected chi connectivity index (χ0v) is 16.5. The summed E-state index contributed by atoms with van der Waals surface area (Å²) in [7, 11) is 0. The van der Waals surface area contributed by atoms with E-state index in [-0.39, 0.29) is 5.91 Å². The molecule has 2 aliphatic heterocycles. The molecule has 1 amide bonds. The molecule has 28 heavy (non-hydrogen) atoms. The van der Waals surface area contributed by atoms with E-state index in [1.54, 1.807) is 11.6 Å². The predicted molar refractivity (Wildman–Crippen MR) is 107 cm³/mol. The number of carbonyl (C=O) groups is 1. The highest BCUT2D eigenvalue weighted by Gasteiger charge is 2.24. The first-order valence-electron chi connectivity index (χ1n) is 10.3. The minimum atomic E-state index is -0.593. The first-order valence-corrected chi connectivity index (χ1v) is 10.3. The van der Waals surface area contributed by atoms with Crippen molar-refractivity contribution in [3.05, 3.63) is 41.7 Å². The zero-order valence-electron chi connectivity index (χ0n) is 16.5. The Hall–Kier alpha value is -2.41. The van der Waals surface area contributed by atoms with E-state index in [0.29, 0.717) is 11.6 Å². The second kappa shape index (κ2) is 8.31. The summed E-state index contributed by atoms with van der Waals surface area (Å²) in [4.78, 5) is 17.2. The minimum absolute atomic E-state index is 0.128. The van der Waals surface area contributed by atoms with Crippen molar-refractivity contribution in [1.29, 1.82) is 0 Å². The van der Waals surface area contributed by atoms with Crippen LogP contribution in [-0.2, 0) is 6.54 Å². The van der Waals surface area contributed by atoms with Gasteiger partial charge in [-0.15, -0.1) is 5.10 Å². The van der Waals surface area contributed by atoms with Crippen LogP contribution in [0.25, 0.3) is 0 Å². The van der Waals surface area contributed by atoms with Gasteiger partial charge in [-0.2, -0.15) is 0 Å². The summed E-state index contributed by atoms with van der Waals surface area (Å²) < 4.78 is 1.81. The number of hydrogen-bond acceptors (Lipinski definition) is 5. The average molecular weight is 383 g/mol. The van der Waals surface area contributed by atoms with E-state index in [4.69, 9.17) is 0 Å². The van der Waals surface area contributed by atoms with Crippen molar-refractivity contribution in [2.24, 2.45) is 5.92 Å². The maximum atomic E-state index is 12.8. The van der Waals surface area contributed by atoms with Crippen LogP contribution in [0.2, 0.25) is 0 Å². The molecule has 4 rings (SSSR count). The molecule has 0 spiro atoms. The van der Waals surface area contributed by atoms with Gasteiger partial charge in [0.05, 0.1) is 12.3 Å². The highest BCUT2D eigenvalue weighted by Crippen LogP contribution is 2.23. The molecule has 7 heteroatoms. The number of anilines is 1. The molecule has 0 saturated carbocycles. The van der Waals surface area contributed by atoms with Crippen molar-refractivity contribution >= 4 is 11.6 Å². The van der Waals surface area contributed by atoms with Crippen molar-refractivity contribution in [1.82, 2.24) is 19.9 Å². The fourth-order valence-electron chi connectivity index (χ4n) is 4.15. The number of likely N-dealkylation sites (tertiary alicyclic amines) is 1. The maximum absolute atomic E-state index is 12.8. The number of nitrogens with zero attached hydrogens (tertiary/aromatic N) is 5. The van der Waals surface area contributed by atoms with Crippen molar-refractivity contribution < 1.29 is 9.90 Å². The quantitative estimate of drug-likeness (QED) is 0.859. The molecule has 1 atom stereocenters. The fourth-order valence-corrected chi connectivity index (χ4v) is 4.15. The second-order valence-corrected chi connectivity index (χ2v) is 8.02. The molecule has 1 N–H and O–H groups in total. The van der Waals surface area contributed by atoms with Crippen molar-refractivity contribution in [3.63, 3.8) is 0 Å². The van der Waals surface area contributed by atoms with Gasteiger partial charge < -0.3 is 14.9 Å². The summed E-state index contributed by atoms with van der Waals surface area (Å²) in [6, 6.07) is 8.09. The first kappa shape index (κ1) is 18.9. The van der Waals surface area contributed by atoms with Crippen LogP contribution in [-0.4, -0.2) is 57.1 Å². The van der Waals surface area contributed by atoms with Crippen molar-refractivity contribution in [2.75, 3.05) is 31.1 Å². The van der Waals surface area contributed by atoms with Gasteiger partial charge in [0.2, 0.25) is 0 Å². The fraction of sp³-hybridized carbons (Fsp3) is 0.571. The molecular weight excluding hydrogens is 354 g/mol. The van der Waals surface area contributed by atoms with E-state index >= 15 is 0 Å². The van der Waals surface area contributed by atoms with Gasteiger partial charge in [0.25, 0.3) is 5.91 Å². The molecule has 2 fully saturated rings. The number of carbonyl (C=O) groups excluding carboxylic acids is 1. The Labute approximate surface area is 165 Å². The molecule has 1 aromatic carbocycles. The summed E-state index contributed by atoms with van der Waals surface area (Å²) in [5, 5.41) is 17.7. The lowest BCUT2D eigenvalue weighted by Crippen LogP contribution is -2.39. The SMILES string of the molecule is C[C@H](O)c1cn(CC2CCN(C(=O)c3ccc(N4CCCC4)cc3)CC2)nn1. The minimum Gasteiger partial charge on any atom is -0.387 e. The van der Waals surface area contributed by atoms with Crippen LogP contribution in [0.3, 0.4) is 0 Å². The molecule has 7 nitrogen and oxygen atoms in total. The summed E-state index contributed by atoms with van der Waals surface area (Å²) in [5.41, 5.74) is 2.60. The topological polar surface area (TPSA) is 74.5 Å². The van der Waals surface area contributed by atoms with Crippen molar-refractivity contribution in [2.45, 2.75) is 45.3 Å². The van der Waals surface area contributed by atoms with Gasteiger partial charge in [-0.05, 0) is 62.8 Å². The molecule has 0 radical (unpaired) electrons. The highest BCUT2D eigenvalue weighted by molar-refractivity contribution is 5.94. The lowest BCUT2D eigenvalue weighted by molar-refractivity contribution is 0.0681. The third-order valence-corrected chi connectivity index (χ3v) is 5.92. The van der Waals surface area contributed by atoms with E-state index < -0.39 is 6.10 Å². The monoisotopic (exact) mass is 383 g/mol. The van der Waals surface area contributed by atoms with Gasteiger partial charge in [0, 0.05) is 44.0 Å². The zero-order chi connectivity index (χ0) is 19.5. The average Bonchev–Trinajstić information content (AvgIpc) is 3.40. The normalized spacial score (nSPS) is 19.2. The van der Waals surface area contributed by atoms with Crippen LogP contribution in [0.15, 0.2) is 30.5 Å². The van der Waals surface area contributed by atoms with Gasteiger partial charge in [0.1, 0.15) is 5.69 Å². The maximum Gasteiger partial charge on any atom is 0.253 e. The predicted octanol–water partition coefficient (Wildman–Crippen LogP) is 2.48. The van der Waals surface area contributed by atoms with Gasteiger partial charge in [-0.25, -0.2) is 0 Å². The molecule has 150 valence electrons. The number of aliphatic hydroxyl groups is 1. The molecule has 0 aliphatic carbocycles. The van der Waals surface area contributed by atoms with Crippen LogP contribution < -0.4 is 4.90 Å². The van der Waals surface area contributed by atoms with Gasteiger partial charge in [-0.3, -0.25) is 9.48 Å². The number of amides is 1. The van der Waals surface area contributed by atoms with Crippen LogP contribution in [0.5, 0.6) is 0 Å². The molecule has 1 aromatic heterocycles. The Balaban J connectivity index is 1.29. The Morgan fingerprint density at radius 1 is 1.14 bits per heavy atom. The van der Waals surface area contributed by atoms with Gasteiger partial charge in [0.15, 0.2) is 0 Å². The largest absolute Gasteiger partial charge is 0.387 e. The Morgan fingerprint density at radius 2 is 1.82 bits per heavy atom. The number of piperidine rings is 1. The van der Waals surface area contributed by atoms with Gasteiger partial charge >= 0.3 is 0 Å². The summed E-state index contributed by atoms with van der Waals surface area (Å²) >= 11 is 0. The lowest BCUT2D eigenvalue weighted by atomic mass is 9.96. The van der Waals surface area contributed by atoms with Crippen LogP contribution >= 0.6 is 0 Å². The Morgan fingerprint density at radius 3 is 2.43 bits per heavy atom. The molecule has 2 aliphatic rings. The number of aliphatic hydroxyl groups excluding tert-OH is 1. The molecular formula is C21H29N5O2. The third kappa shape index (κ3) is 4.19. The van der Waals surface area contributed by atoms with Crippen LogP contribution in [0.1, 0.15) is 54.8 Å². The Kier molecular flexibility index (Phi) is 5.62. The van der Waals surface area contributed by atoms with E-state index in [0.717, 1.165) is 51.1 Å². The van der Waals surface area contributed by atoms with E-state index in [1.807, 2.05) is 23.2 Å². The standard InChI is InChI=1S/C21H29N5O2/c1-16(27)20-15-26(23-22-20)14-17-8-12-25(13-9-17)21(28)18-4-6-19(7-5-18)24-10-2-3-11-24/h4-7,15-17,27H,2-3,8-14H2,1H3/t16-/m0/s1. The van der Waals surface area contributed by atoms with Crippen LogP contribution in [0.4, 0.5) is 5.69 Å². The molecule has 2 aromatic rings. The summed E-state index contributed by atoms with van der Waals surface area (Å²) in [6.45, 7) is 6.25. The molecule has 0 bridgehead atoms. The van der Waals surface area contributed by atoms with E-state index in [9.17, 15) is 9.90 Å². The molecule has 3 heterocycles. The lowest BCUT2D eigenvalue weighted by Gasteiger charge is -2.32. The van der Waals surface area contributed by atoms with E-state index in [2.05, 4.69) is 27.3 Å². The Bertz CT molecular complexity index is 787. The van der Waals surface area contributed by atoms with Crippen LogP contribution in [0, 0.1) is 5.92 Å². The third-order valence-electron chi connectivity index (χ3n) is 5.92. The number of hydrogen-bond donors (Lipinski definition) is 1. The molecule has 2 saturated heterocycles. The number of aromatic nitrogens is 3. The summed E-state index contributed by atoms with van der Waals surface area (Å²) in [5.74, 6) is 0.605. The molecule has 0 unspecified atom stereocenters. The summed E-state index contributed by atoms with van der Waals surface area (Å²) in [6.07, 6.45) is 5.65. The first-order chi connectivity index (χ1) is 13.6. The second-order valence-electron chi connectivity index (χ2n) is 8.02. The van der Waals surface area contributed by atoms with Crippen molar-refractivity contribution in [3.8, 4) is 0 Å². The smallest absolute Gasteiger partial charge is 0.253 e. The number of rotatable bonds is 5.